The molecule has 1 fully saturated rings. The molecule has 0 saturated carbocycles. The fraction of sp³-hybridized carbons (Fsp3) is 0.353. The Balaban J connectivity index is 1.69. The highest BCUT2D eigenvalue weighted by atomic mass is 19.1. The molecule has 1 saturated heterocycles. The van der Waals surface area contributed by atoms with Gasteiger partial charge in [0, 0.05) is 19.0 Å². The van der Waals surface area contributed by atoms with Gasteiger partial charge < -0.3 is 15.1 Å². The van der Waals surface area contributed by atoms with E-state index in [0.29, 0.717) is 18.7 Å². The zero-order valence-corrected chi connectivity index (χ0v) is 13.3. The third kappa shape index (κ3) is 3.45. The SMILES string of the molecule is Cc1oc(-c2ccccc2F)nc1C(=O)NC[C@H]1CCCC(=O)N1. The van der Waals surface area contributed by atoms with Crippen LogP contribution < -0.4 is 10.6 Å². The Bertz CT molecular complexity index is 772. The van der Waals surface area contributed by atoms with Gasteiger partial charge in [0.1, 0.15) is 11.6 Å². The number of nitrogens with one attached hydrogen (secondary N) is 2. The third-order valence-corrected chi connectivity index (χ3v) is 3.95. The fourth-order valence-corrected chi connectivity index (χ4v) is 2.69. The van der Waals surface area contributed by atoms with Crippen LogP contribution in [0.3, 0.4) is 0 Å². The summed E-state index contributed by atoms with van der Waals surface area (Å²) in [5.41, 5.74) is 0.328. The lowest BCUT2D eigenvalue weighted by Crippen LogP contribution is -2.46. The first-order valence-corrected chi connectivity index (χ1v) is 7.84. The topological polar surface area (TPSA) is 84.2 Å². The van der Waals surface area contributed by atoms with Gasteiger partial charge in [0.15, 0.2) is 5.69 Å². The number of halogens is 1. The molecule has 2 aromatic rings. The number of aromatic nitrogens is 1. The minimum atomic E-state index is -0.462. The Labute approximate surface area is 138 Å². The number of hydrogen-bond acceptors (Lipinski definition) is 4. The second-order valence-corrected chi connectivity index (χ2v) is 5.77. The number of amides is 2. The molecule has 3 rings (SSSR count). The van der Waals surface area contributed by atoms with E-state index in [0.717, 1.165) is 12.8 Å². The number of benzene rings is 1. The average molecular weight is 331 g/mol. The summed E-state index contributed by atoms with van der Waals surface area (Å²) in [5, 5.41) is 5.57. The predicted molar refractivity (Wildman–Crippen MR) is 84.7 cm³/mol. The van der Waals surface area contributed by atoms with Gasteiger partial charge in [-0.1, -0.05) is 12.1 Å². The number of hydrogen-bond donors (Lipinski definition) is 2. The van der Waals surface area contributed by atoms with Crippen LogP contribution in [0.25, 0.3) is 11.5 Å². The van der Waals surface area contributed by atoms with Crippen LogP contribution in [0, 0.1) is 12.7 Å². The van der Waals surface area contributed by atoms with Crippen LogP contribution in [0.2, 0.25) is 0 Å². The standard InChI is InChI=1S/C17H18FN3O3/c1-10-15(16(23)19-9-11-5-4-8-14(22)20-11)21-17(24-10)12-6-2-3-7-13(12)18/h2-3,6-7,11H,4-5,8-9H2,1H3,(H,19,23)(H,20,22)/t11-/m1/s1. The maximum absolute atomic E-state index is 13.8. The van der Waals surface area contributed by atoms with Gasteiger partial charge in [0.05, 0.1) is 5.56 Å². The summed E-state index contributed by atoms with van der Waals surface area (Å²) in [6.45, 7) is 1.93. The zero-order valence-electron chi connectivity index (χ0n) is 13.3. The smallest absolute Gasteiger partial charge is 0.273 e. The minimum absolute atomic E-state index is 0.0000419. The Morgan fingerprint density at radius 3 is 3.00 bits per heavy atom. The van der Waals surface area contributed by atoms with E-state index in [4.69, 9.17) is 4.42 Å². The van der Waals surface area contributed by atoms with E-state index in [2.05, 4.69) is 15.6 Å². The highest BCUT2D eigenvalue weighted by molar-refractivity contribution is 5.93. The van der Waals surface area contributed by atoms with Crippen LogP contribution in [0.5, 0.6) is 0 Å². The molecule has 1 aliphatic rings. The largest absolute Gasteiger partial charge is 0.440 e. The van der Waals surface area contributed by atoms with E-state index >= 15 is 0 Å². The molecule has 126 valence electrons. The maximum atomic E-state index is 13.8. The molecule has 2 heterocycles. The van der Waals surface area contributed by atoms with Crippen LogP contribution >= 0.6 is 0 Å². The Hall–Kier alpha value is -2.70. The van der Waals surface area contributed by atoms with Crippen LogP contribution in [-0.2, 0) is 4.79 Å². The number of nitrogens with zero attached hydrogens (tertiary/aromatic N) is 1. The molecule has 0 unspecified atom stereocenters. The monoisotopic (exact) mass is 331 g/mol. The van der Waals surface area contributed by atoms with Gasteiger partial charge in [-0.2, -0.15) is 0 Å². The van der Waals surface area contributed by atoms with Crippen LogP contribution in [-0.4, -0.2) is 29.4 Å². The molecule has 0 radical (unpaired) electrons. The summed E-state index contributed by atoms with van der Waals surface area (Å²) >= 11 is 0. The van der Waals surface area contributed by atoms with Crippen molar-refractivity contribution < 1.29 is 18.4 Å². The van der Waals surface area contributed by atoms with Crippen molar-refractivity contribution in [2.24, 2.45) is 0 Å². The molecular weight excluding hydrogens is 313 g/mol. The van der Waals surface area contributed by atoms with E-state index < -0.39 is 11.7 Å². The van der Waals surface area contributed by atoms with Crippen molar-refractivity contribution >= 4 is 11.8 Å². The molecule has 1 aromatic heterocycles. The molecule has 7 heteroatoms. The quantitative estimate of drug-likeness (QED) is 0.899. The van der Waals surface area contributed by atoms with Crippen molar-refractivity contribution in [1.29, 1.82) is 0 Å². The van der Waals surface area contributed by atoms with Gasteiger partial charge in [-0.3, -0.25) is 9.59 Å². The molecule has 0 bridgehead atoms. The van der Waals surface area contributed by atoms with Crippen molar-refractivity contribution in [1.82, 2.24) is 15.6 Å². The van der Waals surface area contributed by atoms with E-state index in [-0.39, 0.29) is 29.1 Å². The first-order valence-electron chi connectivity index (χ1n) is 7.84. The third-order valence-electron chi connectivity index (χ3n) is 3.95. The van der Waals surface area contributed by atoms with Crippen LogP contribution in [0.1, 0.15) is 35.5 Å². The molecule has 2 amide bonds. The number of rotatable bonds is 4. The van der Waals surface area contributed by atoms with Crippen molar-refractivity contribution in [3.8, 4) is 11.5 Å². The van der Waals surface area contributed by atoms with E-state index in [1.54, 1.807) is 25.1 Å². The summed E-state index contributed by atoms with van der Waals surface area (Å²) in [5.74, 6) is -0.477. The molecule has 1 atom stereocenters. The normalized spacial score (nSPS) is 17.4. The number of aryl methyl sites for hydroxylation is 1. The molecule has 2 N–H and O–H groups in total. The molecule has 1 aliphatic heterocycles. The molecule has 1 aromatic carbocycles. The van der Waals surface area contributed by atoms with E-state index in [1.807, 2.05) is 0 Å². The number of piperidine rings is 1. The van der Waals surface area contributed by atoms with Gasteiger partial charge in [0.2, 0.25) is 11.8 Å². The molecule has 24 heavy (non-hydrogen) atoms. The number of oxazole rings is 1. The van der Waals surface area contributed by atoms with Crippen LogP contribution in [0.15, 0.2) is 28.7 Å². The summed E-state index contributed by atoms with van der Waals surface area (Å²) in [7, 11) is 0. The van der Waals surface area contributed by atoms with E-state index in [1.165, 1.54) is 6.07 Å². The molecule has 6 nitrogen and oxygen atoms in total. The van der Waals surface area contributed by atoms with Crippen LogP contribution in [0.4, 0.5) is 4.39 Å². The van der Waals surface area contributed by atoms with Gasteiger partial charge >= 0.3 is 0 Å². The summed E-state index contributed by atoms with van der Waals surface area (Å²) in [4.78, 5) is 27.7. The summed E-state index contributed by atoms with van der Waals surface area (Å²) in [6, 6.07) is 6.01. The second-order valence-electron chi connectivity index (χ2n) is 5.77. The Morgan fingerprint density at radius 1 is 1.46 bits per heavy atom. The van der Waals surface area contributed by atoms with Crippen molar-refractivity contribution in [3.05, 3.63) is 41.5 Å². The Kier molecular flexibility index (Phi) is 4.59. The number of carbonyl (C=O) groups excluding carboxylic acids is 2. The lowest BCUT2D eigenvalue weighted by atomic mass is 10.0. The predicted octanol–water partition coefficient (Wildman–Crippen LogP) is 2.19. The second kappa shape index (κ2) is 6.82. The highest BCUT2D eigenvalue weighted by Crippen LogP contribution is 2.24. The average Bonchev–Trinajstić information content (AvgIpc) is 2.95. The molecular formula is C17H18FN3O3. The summed E-state index contributed by atoms with van der Waals surface area (Å²) in [6.07, 6.45) is 2.16. The van der Waals surface area contributed by atoms with Gasteiger partial charge in [0.25, 0.3) is 5.91 Å². The summed E-state index contributed by atoms with van der Waals surface area (Å²) < 4.78 is 19.2. The van der Waals surface area contributed by atoms with E-state index in [9.17, 15) is 14.0 Å². The van der Waals surface area contributed by atoms with Crippen molar-refractivity contribution in [2.75, 3.05) is 6.54 Å². The molecule has 0 aliphatic carbocycles. The maximum Gasteiger partial charge on any atom is 0.273 e. The minimum Gasteiger partial charge on any atom is -0.440 e. The first kappa shape index (κ1) is 16.2. The lowest BCUT2D eigenvalue weighted by Gasteiger charge is -2.23. The number of carbonyl (C=O) groups is 2. The van der Waals surface area contributed by atoms with Gasteiger partial charge in [-0.25, -0.2) is 9.37 Å². The highest BCUT2D eigenvalue weighted by Gasteiger charge is 2.22. The van der Waals surface area contributed by atoms with Gasteiger partial charge in [-0.05, 0) is 31.9 Å². The van der Waals surface area contributed by atoms with Crippen molar-refractivity contribution in [3.63, 3.8) is 0 Å². The first-order chi connectivity index (χ1) is 11.5. The van der Waals surface area contributed by atoms with Crippen molar-refractivity contribution in [2.45, 2.75) is 32.2 Å². The molecule has 0 spiro atoms. The fourth-order valence-electron chi connectivity index (χ4n) is 2.69. The lowest BCUT2D eigenvalue weighted by molar-refractivity contribution is -0.123. The Morgan fingerprint density at radius 2 is 2.25 bits per heavy atom. The van der Waals surface area contributed by atoms with Gasteiger partial charge in [-0.15, -0.1) is 0 Å². The zero-order chi connectivity index (χ0) is 17.1.